The van der Waals surface area contributed by atoms with Crippen LogP contribution in [-0.2, 0) is 6.54 Å². The number of carbonyl (C=O) groups excluding carboxylic acids is 1. The van der Waals surface area contributed by atoms with Gasteiger partial charge in [0.2, 0.25) is 0 Å². The molecule has 8 heteroatoms. The smallest absolute Gasteiger partial charge is 0.263 e. The van der Waals surface area contributed by atoms with Crippen LogP contribution in [0.5, 0.6) is 0 Å². The number of nitrogens with zero attached hydrogens (tertiary/aromatic N) is 4. The maximum atomic E-state index is 12.5. The van der Waals surface area contributed by atoms with Crippen molar-refractivity contribution >= 4 is 17.2 Å². The number of rotatable bonds is 6. The Kier molecular flexibility index (Phi) is 5.80. The second kappa shape index (κ2) is 8.05. The molecule has 136 valence electrons. The highest BCUT2D eigenvalue weighted by Gasteiger charge is 2.22. The first-order valence-corrected chi connectivity index (χ1v) is 9.72. The van der Waals surface area contributed by atoms with E-state index in [4.69, 9.17) is 0 Å². The molecule has 2 aromatic heterocycles. The zero-order chi connectivity index (χ0) is 17.8. The van der Waals surface area contributed by atoms with E-state index in [0.29, 0.717) is 24.9 Å². The topological polar surface area (TPSA) is 84.7 Å². The Morgan fingerprint density at radius 3 is 2.92 bits per heavy atom. The van der Waals surface area contributed by atoms with E-state index < -0.39 is 0 Å². The van der Waals surface area contributed by atoms with Gasteiger partial charge in [-0.3, -0.25) is 4.79 Å². The lowest BCUT2D eigenvalue weighted by Gasteiger charge is -2.20. The average Bonchev–Trinajstić information content (AvgIpc) is 3.22. The number of aryl methyl sites for hydroxylation is 1. The summed E-state index contributed by atoms with van der Waals surface area (Å²) in [5, 5.41) is 15.6. The predicted octanol–water partition coefficient (Wildman–Crippen LogP) is 2.06. The van der Waals surface area contributed by atoms with Crippen LogP contribution in [0.1, 0.15) is 64.7 Å². The summed E-state index contributed by atoms with van der Waals surface area (Å²) in [6.07, 6.45) is 3.91. The molecule has 0 bridgehead atoms. The number of hydrogen-bond donors (Lipinski definition) is 2. The summed E-state index contributed by atoms with van der Waals surface area (Å²) in [6.45, 7) is 9.38. The van der Waals surface area contributed by atoms with Gasteiger partial charge in [0, 0.05) is 24.9 Å². The van der Waals surface area contributed by atoms with Crippen molar-refractivity contribution in [1.82, 2.24) is 30.4 Å². The Morgan fingerprint density at radius 1 is 1.44 bits per heavy atom. The zero-order valence-corrected chi connectivity index (χ0v) is 15.9. The Morgan fingerprint density at radius 2 is 2.20 bits per heavy atom. The number of amides is 1. The van der Waals surface area contributed by atoms with Gasteiger partial charge in [0.15, 0.2) is 0 Å². The summed E-state index contributed by atoms with van der Waals surface area (Å²) in [5.41, 5.74) is 0.836. The second-order valence-electron chi connectivity index (χ2n) is 6.78. The average molecular weight is 363 g/mol. The highest BCUT2D eigenvalue weighted by molar-refractivity contribution is 7.13. The number of piperidine rings is 1. The summed E-state index contributed by atoms with van der Waals surface area (Å²) in [7, 11) is 0. The van der Waals surface area contributed by atoms with Crippen molar-refractivity contribution in [2.24, 2.45) is 0 Å². The first-order valence-electron chi connectivity index (χ1n) is 8.90. The Hall–Kier alpha value is -1.80. The number of carbonyl (C=O) groups is 1. The van der Waals surface area contributed by atoms with E-state index in [-0.39, 0.29) is 5.91 Å². The van der Waals surface area contributed by atoms with E-state index in [1.807, 2.05) is 11.5 Å². The fraction of sp³-hybridized carbons (Fsp3) is 0.647. The van der Waals surface area contributed by atoms with Crippen LogP contribution in [0.15, 0.2) is 6.33 Å². The third kappa shape index (κ3) is 4.24. The molecule has 1 aliphatic rings. The Labute approximate surface area is 152 Å². The SMILES string of the molecule is Cc1nc(C2CCNCC2)sc1C(=O)NCCn1cnnc1C(C)C. The summed E-state index contributed by atoms with van der Waals surface area (Å²) in [5.74, 6) is 1.71. The van der Waals surface area contributed by atoms with Crippen LogP contribution in [0.25, 0.3) is 0 Å². The normalized spacial score (nSPS) is 15.7. The van der Waals surface area contributed by atoms with Crippen LogP contribution in [0.3, 0.4) is 0 Å². The molecule has 1 fully saturated rings. The molecule has 0 saturated carbocycles. The molecule has 3 heterocycles. The van der Waals surface area contributed by atoms with E-state index in [1.54, 1.807) is 17.7 Å². The molecular formula is C17H26N6OS. The van der Waals surface area contributed by atoms with E-state index in [0.717, 1.165) is 47.3 Å². The molecule has 0 spiro atoms. The number of nitrogens with one attached hydrogen (secondary N) is 2. The predicted molar refractivity (Wildman–Crippen MR) is 98.1 cm³/mol. The largest absolute Gasteiger partial charge is 0.349 e. The molecule has 7 nitrogen and oxygen atoms in total. The van der Waals surface area contributed by atoms with Crippen LogP contribution in [0, 0.1) is 6.92 Å². The molecule has 0 atom stereocenters. The van der Waals surface area contributed by atoms with Crippen LogP contribution >= 0.6 is 11.3 Å². The Balaban J connectivity index is 1.58. The van der Waals surface area contributed by atoms with Gasteiger partial charge in [-0.15, -0.1) is 21.5 Å². The van der Waals surface area contributed by atoms with Crippen molar-refractivity contribution in [2.45, 2.75) is 52.0 Å². The number of hydrogen-bond acceptors (Lipinski definition) is 6. The van der Waals surface area contributed by atoms with Gasteiger partial charge in [0.25, 0.3) is 5.91 Å². The standard InChI is InChI=1S/C17H26N6OS/c1-11(2)15-22-20-10-23(15)9-8-19-16(24)14-12(3)21-17(25-14)13-4-6-18-7-5-13/h10-11,13,18H,4-9H2,1-3H3,(H,19,24). The minimum Gasteiger partial charge on any atom is -0.349 e. The van der Waals surface area contributed by atoms with Gasteiger partial charge in [-0.05, 0) is 32.9 Å². The van der Waals surface area contributed by atoms with Gasteiger partial charge in [-0.2, -0.15) is 0 Å². The summed E-state index contributed by atoms with van der Waals surface area (Å²) in [6, 6.07) is 0. The lowest BCUT2D eigenvalue weighted by Crippen LogP contribution is -2.27. The van der Waals surface area contributed by atoms with Gasteiger partial charge in [0.1, 0.15) is 17.0 Å². The first-order chi connectivity index (χ1) is 12.1. The van der Waals surface area contributed by atoms with Crippen molar-refractivity contribution < 1.29 is 4.79 Å². The third-order valence-corrected chi connectivity index (χ3v) is 5.83. The molecule has 1 amide bonds. The van der Waals surface area contributed by atoms with Gasteiger partial charge in [0.05, 0.1) is 10.7 Å². The van der Waals surface area contributed by atoms with E-state index in [1.165, 1.54) is 0 Å². The third-order valence-electron chi connectivity index (χ3n) is 4.51. The molecule has 3 rings (SSSR count). The minimum atomic E-state index is -0.0330. The van der Waals surface area contributed by atoms with E-state index in [9.17, 15) is 4.79 Å². The lowest BCUT2D eigenvalue weighted by atomic mass is 9.99. The lowest BCUT2D eigenvalue weighted by molar-refractivity contribution is 0.0955. The number of thiazole rings is 1. The van der Waals surface area contributed by atoms with Gasteiger partial charge < -0.3 is 15.2 Å². The van der Waals surface area contributed by atoms with Crippen LogP contribution in [0.4, 0.5) is 0 Å². The van der Waals surface area contributed by atoms with Gasteiger partial charge in [-0.25, -0.2) is 4.98 Å². The monoisotopic (exact) mass is 362 g/mol. The molecule has 0 aromatic carbocycles. The highest BCUT2D eigenvalue weighted by Crippen LogP contribution is 2.30. The van der Waals surface area contributed by atoms with Crippen molar-refractivity contribution in [3.8, 4) is 0 Å². The fourth-order valence-electron chi connectivity index (χ4n) is 3.12. The molecule has 1 saturated heterocycles. The fourth-order valence-corrected chi connectivity index (χ4v) is 4.28. The van der Waals surface area contributed by atoms with Crippen LogP contribution < -0.4 is 10.6 Å². The molecular weight excluding hydrogens is 336 g/mol. The van der Waals surface area contributed by atoms with Crippen molar-refractivity contribution in [1.29, 1.82) is 0 Å². The molecule has 2 aromatic rings. The number of aromatic nitrogens is 4. The summed E-state index contributed by atoms with van der Waals surface area (Å²) < 4.78 is 1.99. The zero-order valence-electron chi connectivity index (χ0n) is 15.1. The Bertz CT molecular complexity index is 717. The maximum Gasteiger partial charge on any atom is 0.263 e. The van der Waals surface area contributed by atoms with Crippen molar-refractivity contribution in [3.05, 3.63) is 27.7 Å². The van der Waals surface area contributed by atoms with Crippen LogP contribution in [-0.4, -0.2) is 45.3 Å². The molecule has 25 heavy (non-hydrogen) atoms. The summed E-state index contributed by atoms with van der Waals surface area (Å²) >= 11 is 1.55. The summed E-state index contributed by atoms with van der Waals surface area (Å²) in [4.78, 5) is 17.9. The quantitative estimate of drug-likeness (QED) is 0.822. The van der Waals surface area contributed by atoms with E-state index >= 15 is 0 Å². The maximum absolute atomic E-state index is 12.5. The molecule has 2 N–H and O–H groups in total. The van der Waals surface area contributed by atoms with E-state index in [2.05, 4.69) is 39.7 Å². The van der Waals surface area contributed by atoms with Crippen molar-refractivity contribution in [3.63, 3.8) is 0 Å². The van der Waals surface area contributed by atoms with Crippen LogP contribution in [0.2, 0.25) is 0 Å². The second-order valence-corrected chi connectivity index (χ2v) is 7.81. The molecule has 0 radical (unpaired) electrons. The minimum absolute atomic E-state index is 0.0330. The van der Waals surface area contributed by atoms with Gasteiger partial charge in [-0.1, -0.05) is 13.8 Å². The van der Waals surface area contributed by atoms with Crippen molar-refractivity contribution in [2.75, 3.05) is 19.6 Å². The molecule has 0 unspecified atom stereocenters. The highest BCUT2D eigenvalue weighted by atomic mass is 32.1. The molecule has 0 aliphatic carbocycles. The van der Waals surface area contributed by atoms with Gasteiger partial charge >= 0.3 is 0 Å². The molecule has 1 aliphatic heterocycles. The first kappa shape index (κ1) is 18.0.